The minimum absolute atomic E-state index is 0.0178. The molecular weight excluding hydrogens is 282 g/mol. The molecule has 1 aliphatic heterocycles. The van der Waals surface area contributed by atoms with Gasteiger partial charge in [-0.1, -0.05) is 19.3 Å². The molecular formula is C13H21NO5S. The Morgan fingerprint density at radius 2 is 1.80 bits per heavy atom. The summed E-state index contributed by atoms with van der Waals surface area (Å²) in [6.07, 6.45) is 4.07. The monoisotopic (exact) mass is 303 g/mol. The molecule has 0 radical (unpaired) electrons. The summed E-state index contributed by atoms with van der Waals surface area (Å²) in [4.78, 5) is 23.1. The molecule has 0 aromatic rings. The molecule has 1 N–H and O–H groups in total. The van der Waals surface area contributed by atoms with Crippen molar-refractivity contribution in [1.82, 2.24) is 4.31 Å². The molecule has 1 saturated heterocycles. The number of carboxylic acid groups (broad SMARTS) is 1. The van der Waals surface area contributed by atoms with Crippen LogP contribution in [0.25, 0.3) is 0 Å². The number of hydrogen-bond acceptors (Lipinski definition) is 4. The molecule has 0 bridgehead atoms. The summed E-state index contributed by atoms with van der Waals surface area (Å²) in [5.41, 5.74) is -0.594. The second-order valence-electron chi connectivity index (χ2n) is 6.46. The maximum absolute atomic E-state index is 12.1. The van der Waals surface area contributed by atoms with Crippen LogP contribution in [0.3, 0.4) is 0 Å². The van der Waals surface area contributed by atoms with E-state index in [0.29, 0.717) is 12.8 Å². The number of carboxylic acids is 1. The fraction of sp³-hybridized carbons (Fsp3) is 0.846. The number of sulfonamides is 1. The van der Waals surface area contributed by atoms with Crippen LogP contribution in [0.15, 0.2) is 0 Å². The first-order valence-electron chi connectivity index (χ1n) is 6.91. The minimum atomic E-state index is -3.63. The summed E-state index contributed by atoms with van der Waals surface area (Å²) in [6.45, 7) is 2.81. The highest BCUT2D eigenvalue weighted by molar-refractivity contribution is 7.94. The van der Waals surface area contributed by atoms with Gasteiger partial charge in [0.05, 0.1) is 6.42 Å². The van der Waals surface area contributed by atoms with Gasteiger partial charge in [0.2, 0.25) is 0 Å². The van der Waals surface area contributed by atoms with E-state index < -0.39 is 32.1 Å². The minimum Gasteiger partial charge on any atom is -0.481 e. The molecule has 0 aromatic heterocycles. The van der Waals surface area contributed by atoms with E-state index in [1.54, 1.807) is 0 Å². The SMILES string of the molecule is CC1(C)C(=O)N(CC2(CC(=O)O)CCCCC2)S1(=O)=O. The van der Waals surface area contributed by atoms with E-state index in [9.17, 15) is 18.0 Å². The van der Waals surface area contributed by atoms with E-state index >= 15 is 0 Å². The first kappa shape index (κ1) is 15.3. The molecule has 0 atom stereocenters. The molecule has 6 nitrogen and oxygen atoms in total. The largest absolute Gasteiger partial charge is 0.481 e. The predicted octanol–water partition coefficient (Wildman–Crippen LogP) is 1.36. The number of carbonyl (C=O) groups excluding carboxylic acids is 1. The van der Waals surface area contributed by atoms with Crippen LogP contribution in [0, 0.1) is 5.41 Å². The van der Waals surface area contributed by atoms with Crippen molar-refractivity contribution in [2.45, 2.75) is 57.1 Å². The van der Waals surface area contributed by atoms with Crippen molar-refractivity contribution in [3.05, 3.63) is 0 Å². The quantitative estimate of drug-likeness (QED) is 0.846. The molecule has 1 amide bonds. The molecule has 1 heterocycles. The summed E-state index contributed by atoms with van der Waals surface area (Å²) in [5.74, 6) is -1.36. The van der Waals surface area contributed by atoms with Gasteiger partial charge in [-0.3, -0.25) is 9.59 Å². The highest BCUT2D eigenvalue weighted by Crippen LogP contribution is 2.44. The molecule has 114 valence electrons. The number of amides is 1. The van der Waals surface area contributed by atoms with Crippen LogP contribution < -0.4 is 0 Å². The molecule has 2 aliphatic rings. The number of carbonyl (C=O) groups is 2. The summed E-state index contributed by atoms with van der Waals surface area (Å²) in [6, 6.07) is 0. The van der Waals surface area contributed by atoms with E-state index in [4.69, 9.17) is 5.11 Å². The molecule has 1 aliphatic carbocycles. The van der Waals surface area contributed by atoms with Gasteiger partial charge < -0.3 is 5.11 Å². The van der Waals surface area contributed by atoms with Gasteiger partial charge in [-0.15, -0.1) is 0 Å². The van der Waals surface area contributed by atoms with Gasteiger partial charge in [0.25, 0.3) is 15.9 Å². The third-order valence-electron chi connectivity index (χ3n) is 4.60. The average molecular weight is 303 g/mol. The van der Waals surface area contributed by atoms with E-state index in [1.165, 1.54) is 13.8 Å². The zero-order chi connectivity index (χ0) is 15.2. The first-order valence-corrected chi connectivity index (χ1v) is 8.35. The van der Waals surface area contributed by atoms with Gasteiger partial charge in [-0.2, -0.15) is 0 Å². The fourth-order valence-electron chi connectivity index (χ4n) is 3.23. The lowest BCUT2D eigenvalue weighted by atomic mass is 9.71. The van der Waals surface area contributed by atoms with Crippen molar-refractivity contribution >= 4 is 21.9 Å². The van der Waals surface area contributed by atoms with Crippen molar-refractivity contribution in [1.29, 1.82) is 0 Å². The van der Waals surface area contributed by atoms with Crippen molar-refractivity contribution in [3.63, 3.8) is 0 Å². The van der Waals surface area contributed by atoms with Gasteiger partial charge in [0, 0.05) is 6.54 Å². The fourth-order valence-corrected chi connectivity index (χ4v) is 4.87. The van der Waals surface area contributed by atoms with Crippen LogP contribution in [-0.4, -0.2) is 41.0 Å². The molecule has 2 rings (SSSR count). The van der Waals surface area contributed by atoms with Gasteiger partial charge >= 0.3 is 5.97 Å². The Balaban J connectivity index is 2.22. The second kappa shape index (κ2) is 4.72. The van der Waals surface area contributed by atoms with Gasteiger partial charge in [0.15, 0.2) is 4.75 Å². The molecule has 2 fully saturated rings. The van der Waals surface area contributed by atoms with E-state index in [2.05, 4.69) is 0 Å². The number of nitrogens with zero attached hydrogens (tertiary/aromatic N) is 1. The van der Waals surface area contributed by atoms with Crippen molar-refractivity contribution < 1.29 is 23.1 Å². The molecule has 1 saturated carbocycles. The summed E-state index contributed by atoms with van der Waals surface area (Å²) < 4.78 is 23.8. The van der Waals surface area contributed by atoms with Crippen LogP contribution in [-0.2, 0) is 19.6 Å². The van der Waals surface area contributed by atoms with Crippen LogP contribution in [0.1, 0.15) is 52.4 Å². The summed E-state index contributed by atoms with van der Waals surface area (Å²) in [7, 11) is -3.63. The predicted molar refractivity (Wildman–Crippen MR) is 72.5 cm³/mol. The van der Waals surface area contributed by atoms with Crippen LogP contribution in [0.5, 0.6) is 0 Å². The molecule has 0 aromatic carbocycles. The Morgan fingerprint density at radius 3 is 2.25 bits per heavy atom. The molecule has 20 heavy (non-hydrogen) atoms. The Bertz CT molecular complexity index is 531. The van der Waals surface area contributed by atoms with Gasteiger partial charge in [0.1, 0.15) is 0 Å². The van der Waals surface area contributed by atoms with Crippen LogP contribution >= 0.6 is 0 Å². The van der Waals surface area contributed by atoms with Crippen molar-refractivity contribution in [3.8, 4) is 0 Å². The normalized spacial score (nSPS) is 26.9. The average Bonchev–Trinajstić information content (AvgIpc) is 2.35. The Hall–Kier alpha value is -1.11. The van der Waals surface area contributed by atoms with Gasteiger partial charge in [-0.05, 0) is 32.1 Å². The molecule has 0 spiro atoms. The molecule has 7 heteroatoms. The maximum Gasteiger partial charge on any atom is 0.303 e. The van der Waals surface area contributed by atoms with Crippen LogP contribution in [0.4, 0.5) is 0 Å². The van der Waals surface area contributed by atoms with Gasteiger partial charge in [-0.25, -0.2) is 12.7 Å². The van der Waals surface area contributed by atoms with E-state index in [0.717, 1.165) is 23.6 Å². The van der Waals surface area contributed by atoms with E-state index in [-0.39, 0.29) is 13.0 Å². The second-order valence-corrected chi connectivity index (χ2v) is 8.87. The lowest BCUT2D eigenvalue weighted by Crippen LogP contribution is -2.69. The topological polar surface area (TPSA) is 91.8 Å². The highest BCUT2D eigenvalue weighted by atomic mass is 32.2. The lowest BCUT2D eigenvalue weighted by Gasteiger charge is -2.48. The number of hydrogen-bond donors (Lipinski definition) is 1. The Morgan fingerprint density at radius 1 is 1.25 bits per heavy atom. The zero-order valence-electron chi connectivity index (χ0n) is 11.9. The maximum atomic E-state index is 12.1. The third-order valence-corrected chi connectivity index (χ3v) is 6.94. The zero-order valence-corrected chi connectivity index (χ0v) is 12.7. The van der Waals surface area contributed by atoms with E-state index in [1.807, 2.05) is 0 Å². The number of rotatable bonds is 4. The standard InChI is InChI=1S/C13H21NO5S/c1-12(2)11(17)14(20(12,18)19)9-13(8-10(15)16)6-4-3-5-7-13/h3-9H2,1-2H3,(H,15,16). The lowest BCUT2D eigenvalue weighted by molar-refractivity contribution is -0.143. The number of aliphatic carboxylic acids is 1. The van der Waals surface area contributed by atoms with Crippen LogP contribution in [0.2, 0.25) is 0 Å². The summed E-state index contributed by atoms with van der Waals surface area (Å²) in [5, 5.41) is 9.08. The van der Waals surface area contributed by atoms with Crippen molar-refractivity contribution in [2.75, 3.05) is 6.54 Å². The highest BCUT2D eigenvalue weighted by Gasteiger charge is 2.61. The smallest absolute Gasteiger partial charge is 0.303 e. The molecule has 0 unspecified atom stereocenters. The Labute approximate surface area is 119 Å². The van der Waals surface area contributed by atoms with Crippen molar-refractivity contribution in [2.24, 2.45) is 5.41 Å². The third kappa shape index (κ3) is 2.21. The Kier molecular flexibility index (Phi) is 3.60. The first-order chi connectivity index (χ1) is 9.12. The summed E-state index contributed by atoms with van der Waals surface area (Å²) >= 11 is 0.